The highest BCUT2D eigenvalue weighted by molar-refractivity contribution is 9.10. The van der Waals surface area contributed by atoms with Crippen LogP contribution in [0.25, 0.3) is 0 Å². The zero-order valence-corrected chi connectivity index (χ0v) is 13.4. The Balaban J connectivity index is 1.75. The topological polar surface area (TPSA) is 47.3 Å². The van der Waals surface area contributed by atoms with Gasteiger partial charge >= 0.3 is 0 Å². The minimum Gasteiger partial charge on any atom is -0.457 e. The Morgan fingerprint density at radius 1 is 0.818 bits per heavy atom. The Hall–Kier alpha value is -2.46. The Labute approximate surface area is 137 Å². The molecule has 0 heterocycles. The first-order valence-electron chi connectivity index (χ1n) is 6.86. The summed E-state index contributed by atoms with van der Waals surface area (Å²) < 4.78 is 6.74. The second-order valence-corrected chi connectivity index (χ2v) is 5.66. The molecule has 0 aliphatic heterocycles. The molecule has 0 spiro atoms. The van der Waals surface area contributed by atoms with Crippen molar-refractivity contribution >= 4 is 33.0 Å². The van der Waals surface area contributed by atoms with E-state index in [-0.39, 0.29) is 0 Å². The van der Waals surface area contributed by atoms with E-state index in [9.17, 15) is 0 Å². The molecule has 0 aromatic heterocycles. The van der Waals surface area contributed by atoms with Gasteiger partial charge in [-0.3, -0.25) is 0 Å². The van der Waals surface area contributed by atoms with Gasteiger partial charge in [0.1, 0.15) is 11.5 Å². The van der Waals surface area contributed by atoms with Crippen molar-refractivity contribution in [3.8, 4) is 11.5 Å². The lowest BCUT2D eigenvalue weighted by Gasteiger charge is -2.11. The van der Waals surface area contributed by atoms with E-state index in [1.807, 2.05) is 72.8 Å². The molecule has 3 aromatic carbocycles. The number of para-hydroxylation sites is 1. The number of anilines is 3. The first-order chi connectivity index (χ1) is 10.7. The van der Waals surface area contributed by atoms with Gasteiger partial charge in [-0.2, -0.15) is 0 Å². The normalized spacial score (nSPS) is 10.2. The van der Waals surface area contributed by atoms with E-state index in [0.717, 1.165) is 33.0 Å². The van der Waals surface area contributed by atoms with Gasteiger partial charge in [-0.1, -0.05) is 18.2 Å². The lowest BCUT2D eigenvalue weighted by Crippen LogP contribution is -1.92. The number of nitrogens with one attached hydrogen (secondary N) is 1. The monoisotopic (exact) mass is 354 g/mol. The zero-order valence-electron chi connectivity index (χ0n) is 11.8. The standard InChI is InChI=1S/C18H15BrN2O/c19-17-12-16(22-15-8-6-13(20)7-9-15)10-11-18(17)21-14-4-2-1-3-5-14/h1-12,21H,20H2. The fourth-order valence-electron chi connectivity index (χ4n) is 2.01. The highest BCUT2D eigenvalue weighted by atomic mass is 79.9. The van der Waals surface area contributed by atoms with Crippen molar-refractivity contribution in [1.29, 1.82) is 0 Å². The lowest BCUT2D eigenvalue weighted by atomic mass is 10.2. The van der Waals surface area contributed by atoms with Crippen molar-refractivity contribution in [2.45, 2.75) is 0 Å². The van der Waals surface area contributed by atoms with Crippen LogP contribution in [0.5, 0.6) is 11.5 Å². The van der Waals surface area contributed by atoms with Crippen LogP contribution in [-0.2, 0) is 0 Å². The van der Waals surface area contributed by atoms with Gasteiger partial charge in [-0.15, -0.1) is 0 Å². The minimum absolute atomic E-state index is 0.718. The van der Waals surface area contributed by atoms with Crippen LogP contribution in [0.2, 0.25) is 0 Å². The first kappa shape index (κ1) is 14.5. The van der Waals surface area contributed by atoms with E-state index >= 15 is 0 Å². The predicted molar refractivity (Wildman–Crippen MR) is 94.8 cm³/mol. The maximum atomic E-state index is 5.81. The van der Waals surface area contributed by atoms with Crippen LogP contribution in [0, 0.1) is 0 Å². The van der Waals surface area contributed by atoms with E-state index in [1.54, 1.807) is 0 Å². The van der Waals surface area contributed by atoms with Crippen LogP contribution < -0.4 is 15.8 Å². The van der Waals surface area contributed by atoms with Crippen LogP contribution in [0.3, 0.4) is 0 Å². The summed E-state index contributed by atoms with van der Waals surface area (Å²) in [6, 6.07) is 23.2. The molecule has 0 bridgehead atoms. The van der Waals surface area contributed by atoms with Crippen molar-refractivity contribution in [3.05, 3.63) is 77.3 Å². The van der Waals surface area contributed by atoms with E-state index in [1.165, 1.54) is 0 Å². The molecular formula is C18H15BrN2O. The Bertz CT molecular complexity index is 758. The maximum Gasteiger partial charge on any atom is 0.128 e. The molecule has 3 N–H and O–H groups in total. The third-order valence-electron chi connectivity index (χ3n) is 3.11. The zero-order chi connectivity index (χ0) is 15.4. The van der Waals surface area contributed by atoms with E-state index in [4.69, 9.17) is 10.5 Å². The molecule has 0 atom stereocenters. The molecule has 3 nitrogen and oxygen atoms in total. The molecule has 0 unspecified atom stereocenters. The Morgan fingerprint density at radius 3 is 2.18 bits per heavy atom. The Morgan fingerprint density at radius 2 is 1.50 bits per heavy atom. The number of nitrogens with two attached hydrogens (primary N) is 1. The van der Waals surface area contributed by atoms with Gasteiger partial charge in [-0.25, -0.2) is 0 Å². The SMILES string of the molecule is Nc1ccc(Oc2ccc(Nc3ccccc3)c(Br)c2)cc1. The lowest BCUT2D eigenvalue weighted by molar-refractivity contribution is 0.482. The van der Waals surface area contributed by atoms with Gasteiger partial charge in [0.05, 0.1) is 5.69 Å². The highest BCUT2D eigenvalue weighted by Gasteiger charge is 2.04. The minimum atomic E-state index is 0.718. The van der Waals surface area contributed by atoms with Crippen molar-refractivity contribution in [2.75, 3.05) is 11.1 Å². The van der Waals surface area contributed by atoms with Crippen LogP contribution >= 0.6 is 15.9 Å². The molecular weight excluding hydrogens is 340 g/mol. The summed E-state index contributed by atoms with van der Waals surface area (Å²) >= 11 is 3.57. The number of rotatable bonds is 4. The van der Waals surface area contributed by atoms with Gasteiger partial charge in [0.2, 0.25) is 0 Å². The van der Waals surface area contributed by atoms with Crippen LogP contribution in [0.4, 0.5) is 17.1 Å². The van der Waals surface area contributed by atoms with Crippen LogP contribution in [0.15, 0.2) is 77.3 Å². The maximum absolute atomic E-state index is 5.81. The molecule has 0 amide bonds. The van der Waals surface area contributed by atoms with Gasteiger partial charge in [-0.05, 0) is 70.5 Å². The summed E-state index contributed by atoms with van der Waals surface area (Å²) in [7, 11) is 0. The molecule has 3 rings (SSSR count). The average molecular weight is 355 g/mol. The molecule has 110 valence electrons. The molecule has 22 heavy (non-hydrogen) atoms. The van der Waals surface area contributed by atoms with Gasteiger partial charge in [0, 0.05) is 15.8 Å². The van der Waals surface area contributed by atoms with E-state index in [0.29, 0.717) is 0 Å². The van der Waals surface area contributed by atoms with Crippen molar-refractivity contribution in [3.63, 3.8) is 0 Å². The smallest absolute Gasteiger partial charge is 0.128 e. The summed E-state index contributed by atoms with van der Waals surface area (Å²) in [6.07, 6.45) is 0. The van der Waals surface area contributed by atoms with Crippen molar-refractivity contribution in [1.82, 2.24) is 0 Å². The molecule has 0 saturated heterocycles. The summed E-state index contributed by atoms with van der Waals surface area (Å²) in [6.45, 7) is 0. The fraction of sp³-hybridized carbons (Fsp3) is 0. The van der Waals surface area contributed by atoms with Crippen molar-refractivity contribution in [2.24, 2.45) is 0 Å². The fourth-order valence-corrected chi connectivity index (χ4v) is 2.47. The molecule has 0 fully saturated rings. The number of halogens is 1. The van der Waals surface area contributed by atoms with Gasteiger partial charge in [0.15, 0.2) is 0 Å². The van der Waals surface area contributed by atoms with E-state index in [2.05, 4.69) is 21.2 Å². The van der Waals surface area contributed by atoms with Crippen molar-refractivity contribution < 1.29 is 4.74 Å². The molecule has 0 aliphatic carbocycles. The molecule has 0 aliphatic rings. The summed E-state index contributed by atoms with van der Waals surface area (Å²) in [5.74, 6) is 1.51. The van der Waals surface area contributed by atoms with Crippen LogP contribution in [-0.4, -0.2) is 0 Å². The van der Waals surface area contributed by atoms with Crippen LogP contribution in [0.1, 0.15) is 0 Å². The number of benzene rings is 3. The van der Waals surface area contributed by atoms with Gasteiger partial charge < -0.3 is 15.8 Å². The summed E-state index contributed by atoms with van der Waals surface area (Å²) in [5.41, 5.74) is 8.40. The molecule has 0 radical (unpaired) electrons. The van der Waals surface area contributed by atoms with E-state index < -0.39 is 0 Å². The summed E-state index contributed by atoms with van der Waals surface area (Å²) in [5, 5.41) is 3.35. The third kappa shape index (κ3) is 3.59. The molecule has 3 aromatic rings. The molecule has 0 saturated carbocycles. The number of ether oxygens (including phenoxy) is 1. The third-order valence-corrected chi connectivity index (χ3v) is 3.77. The largest absolute Gasteiger partial charge is 0.457 e. The average Bonchev–Trinajstić information content (AvgIpc) is 2.53. The Kier molecular flexibility index (Phi) is 4.30. The quantitative estimate of drug-likeness (QED) is 0.602. The predicted octanol–water partition coefficient (Wildman–Crippen LogP) is 5.57. The number of hydrogen-bond donors (Lipinski definition) is 2. The van der Waals surface area contributed by atoms with Gasteiger partial charge in [0.25, 0.3) is 0 Å². The second kappa shape index (κ2) is 6.54. The summed E-state index contributed by atoms with van der Waals surface area (Å²) in [4.78, 5) is 0. The second-order valence-electron chi connectivity index (χ2n) is 4.80. The molecule has 4 heteroatoms. The first-order valence-corrected chi connectivity index (χ1v) is 7.65. The highest BCUT2D eigenvalue weighted by Crippen LogP contribution is 2.32. The number of hydrogen-bond acceptors (Lipinski definition) is 3. The number of nitrogen functional groups attached to an aromatic ring is 1.